The van der Waals surface area contributed by atoms with Gasteiger partial charge in [-0.15, -0.1) is 0 Å². The Bertz CT molecular complexity index is 469. The first-order chi connectivity index (χ1) is 7.94. The zero-order valence-corrected chi connectivity index (χ0v) is 10.3. The van der Waals surface area contributed by atoms with E-state index in [0.29, 0.717) is 0 Å². The normalized spacial score (nSPS) is 33.8. The molecule has 3 heteroatoms. The fourth-order valence-electron chi connectivity index (χ4n) is 2.80. The minimum atomic E-state index is -0.246. The summed E-state index contributed by atoms with van der Waals surface area (Å²) in [6.07, 6.45) is 3.14. The number of fused-ring (bicyclic) bond motifs is 1. The van der Waals surface area contributed by atoms with Crippen LogP contribution in [0.25, 0.3) is 0 Å². The van der Waals surface area contributed by atoms with Crippen LogP contribution in [0.4, 0.5) is 4.39 Å². The highest BCUT2D eigenvalue weighted by Crippen LogP contribution is 2.59. The van der Waals surface area contributed by atoms with E-state index in [1.165, 1.54) is 25.0 Å². The molecule has 0 bridgehead atoms. The quantitative estimate of drug-likeness (QED) is 0.811. The van der Waals surface area contributed by atoms with Crippen LogP contribution in [0.2, 0.25) is 0 Å². The zero-order valence-electron chi connectivity index (χ0n) is 10.3. The summed E-state index contributed by atoms with van der Waals surface area (Å²) in [5.41, 5.74) is 6.99. The molecule has 0 radical (unpaired) electrons. The van der Waals surface area contributed by atoms with E-state index in [1.54, 1.807) is 6.07 Å². The van der Waals surface area contributed by atoms with Gasteiger partial charge in [0.05, 0.1) is 0 Å². The molecule has 1 aromatic carbocycles. The van der Waals surface area contributed by atoms with E-state index in [9.17, 15) is 4.39 Å². The molecule has 2 aliphatic rings. The lowest BCUT2D eigenvalue weighted by Gasteiger charge is -2.43. The van der Waals surface area contributed by atoms with Crippen LogP contribution in [0.1, 0.15) is 44.7 Å². The molecule has 92 valence electrons. The molecular formula is C14H18FNO. The third-order valence-corrected chi connectivity index (χ3v) is 4.59. The number of halogens is 1. The Morgan fingerprint density at radius 1 is 1.35 bits per heavy atom. The van der Waals surface area contributed by atoms with Crippen molar-refractivity contribution in [2.24, 2.45) is 11.1 Å². The number of hydrogen-bond donors (Lipinski definition) is 1. The van der Waals surface area contributed by atoms with Crippen molar-refractivity contribution >= 4 is 0 Å². The number of hydrogen-bond acceptors (Lipinski definition) is 2. The summed E-state index contributed by atoms with van der Waals surface area (Å²) in [4.78, 5) is 0. The molecule has 0 saturated heterocycles. The van der Waals surface area contributed by atoms with Gasteiger partial charge in [-0.25, -0.2) is 4.39 Å². The van der Waals surface area contributed by atoms with Crippen LogP contribution in [0.15, 0.2) is 18.2 Å². The summed E-state index contributed by atoms with van der Waals surface area (Å²) in [6.45, 7) is 4.38. The predicted molar refractivity (Wildman–Crippen MR) is 64.3 cm³/mol. The number of benzene rings is 1. The number of ether oxygens (including phenoxy) is 1. The average molecular weight is 235 g/mol. The highest BCUT2D eigenvalue weighted by Gasteiger charge is 2.57. The van der Waals surface area contributed by atoms with Gasteiger partial charge in [0.15, 0.2) is 0 Å². The van der Waals surface area contributed by atoms with Crippen LogP contribution in [0, 0.1) is 11.2 Å². The van der Waals surface area contributed by atoms with Gasteiger partial charge in [0.2, 0.25) is 0 Å². The number of nitrogens with two attached hydrogens (primary N) is 1. The second kappa shape index (κ2) is 3.22. The second-order valence-corrected chi connectivity index (χ2v) is 5.89. The van der Waals surface area contributed by atoms with Crippen LogP contribution < -0.4 is 10.5 Å². The van der Waals surface area contributed by atoms with Gasteiger partial charge in [-0.05, 0) is 38.0 Å². The van der Waals surface area contributed by atoms with E-state index in [-0.39, 0.29) is 22.9 Å². The van der Waals surface area contributed by atoms with E-state index in [0.717, 1.165) is 17.7 Å². The first-order valence-corrected chi connectivity index (χ1v) is 6.18. The highest BCUT2D eigenvalue weighted by molar-refractivity contribution is 5.40. The first-order valence-electron chi connectivity index (χ1n) is 6.18. The molecule has 1 aliphatic heterocycles. The van der Waals surface area contributed by atoms with Crippen LogP contribution in [-0.2, 0) is 0 Å². The van der Waals surface area contributed by atoms with Crippen LogP contribution in [0.5, 0.6) is 5.75 Å². The Balaban J connectivity index is 2.01. The van der Waals surface area contributed by atoms with E-state index in [1.807, 2.05) is 0 Å². The van der Waals surface area contributed by atoms with Crippen molar-refractivity contribution in [1.29, 1.82) is 0 Å². The lowest BCUT2D eigenvalue weighted by Crippen LogP contribution is -2.46. The van der Waals surface area contributed by atoms with E-state index in [2.05, 4.69) is 13.8 Å². The largest absolute Gasteiger partial charge is 0.487 e. The maximum absolute atomic E-state index is 13.2. The van der Waals surface area contributed by atoms with Crippen molar-refractivity contribution in [2.75, 3.05) is 0 Å². The maximum Gasteiger partial charge on any atom is 0.125 e. The standard InChI is InChI=1S/C14H18FNO/c1-13(5-6-13)14(2)8-11(16)10-7-9(15)3-4-12(10)17-14/h3-4,7,11H,5-6,8,16H2,1-2H3. The van der Waals surface area contributed by atoms with Crippen molar-refractivity contribution in [1.82, 2.24) is 0 Å². The summed E-state index contributed by atoms with van der Waals surface area (Å²) in [7, 11) is 0. The molecule has 1 saturated carbocycles. The molecule has 2 unspecified atom stereocenters. The van der Waals surface area contributed by atoms with Gasteiger partial charge in [-0.2, -0.15) is 0 Å². The van der Waals surface area contributed by atoms with E-state index >= 15 is 0 Å². The highest BCUT2D eigenvalue weighted by atomic mass is 19.1. The molecule has 2 N–H and O–H groups in total. The van der Waals surface area contributed by atoms with Crippen LogP contribution in [0.3, 0.4) is 0 Å². The van der Waals surface area contributed by atoms with Gasteiger partial charge in [0.1, 0.15) is 17.2 Å². The van der Waals surface area contributed by atoms with Crippen molar-refractivity contribution < 1.29 is 9.13 Å². The lowest BCUT2D eigenvalue weighted by molar-refractivity contribution is -0.00908. The smallest absolute Gasteiger partial charge is 0.125 e. The third-order valence-electron chi connectivity index (χ3n) is 4.59. The van der Waals surface area contributed by atoms with Gasteiger partial charge in [-0.3, -0.25) is 0 Å². The van der Waals surface area contributed by atoms with E-state index < -0.39 is 0 Å². The maximum atomic E-state index is 13.2. The fourth-order valence-corrected chi connectivity index (χ4v) is 2.80. The molecule has 2 atom stereocenters. The van der Waals surface area contributed by atoms with Gasteiger partial charge in [0, 0.05) is 23.4 Å². The average Bonchev–Trinajstić information content (AvgIpc) is 3.00. The van der Waals surface area contributed by atoms with Gasteiger partial charge < -0.3 is 10.5 Å². The second-order valence-electron chi connectivity index (χ2n) is 5.89. The molecule has 1 heterocycles. The fraction of sp³-hybridized carbons (Fsp3) is 0.571. The molecule has 0 aromatic heterocycles. The lowest BCUT2D eigenvalue weighted by atomic mass is 9.78. The van der Waals surface area contributed by atoms with Crippen LogP contribution >= 0.6 is 0 Å². The van der Waals surface area contributed by atoms with Gasteiger partial charge >= 0.3 is 0 Å². The summed E-state index contributed by atoms with van der Waals surface area (Å²) < 4.78 is 19.3. The van der Waals surface area contributed by atoms with Crippen molar-refractivity contribution in [3.8, 4) is 5.75 Å². The zero-order chi connectivity index (χ0) is 12.3. The third kappa shape index (κ3) is 1.56. The Kier molecular flexibility index (Phi) is 2.09. The Morgan fingerprint density at radius 2 is 2.06 bits per heavy atom. The molecule has 17 heavy (non-hydrogen) atoms. The molecule has 0 amide bonds. The van der Waals surface area contributed by atoms with Crippen molar-refractivity contribution in [3.05, 3.63) is 29.6 Å². The summed E-state index contributed by atoms with van der Waals surface area (Å²) >= 11 is 0. The molecule has 3 rings (SSSR count). The van der Waals surface area contributed by atoms with E-state index in [4.69, 9.17) is 10.5 Å². The molecule has 2 nitrogen and oxygen atoms in total. The van der Waals surface area contributed by atoms with Gasteiger partial charge in [-0.1, -0.05) is 6.92 Å². The number of rotatable bonds is 1. The van der Waals surface area contributed by atoms with Crippen molar-refractivity contribution in [2.45, 2.75) is 44.8 Å². The summed E-state index contributed by atoms with van der Waals surface area (Å²) in [6, 6.07) is 4.51. The van der Waals surface area contributed by atoms with Crippen LogP contribution in [-0.4, -0.2) is 5.60 Å². The molecule has 1 aliphatic carbocycles. The minimum absolute atomic E-state index is 0.128. The monoisotopic (exact) mass is 235 g/mol. The summed E-state index contributed by atoms with van der Waals surface area (Å²) in [5.74, 6) is 0.504. The SMILES string of the molecule is CC1(C2(C)CC(N)c3cc(F)ccc3O2)CC1. The Morgan fingerprint density at radius 3 is 2.71 bits per heavy atom. The van der Waals surface area contributed by atoms with Crippen molar-refractivity contribution in [3.63, 3.8) is 0 Å². The topological polar surface area (TPSA) is 35.2 Å². The minimum Gasteiger partial charge on any atom is -0.487 e. The predicted octanol–water partition coefficient (Wildman–Crippen LogP) is 3.17. The molecular weight excluding hydrogens is 217 g/mol. The summed E-state index contributed by atoms with van der Waals surface area (Å²) in [5, 5.41) is 0. The Hall–Kier alpha value is -1.09. The molecule has 1 aromatic rings. The van der Waals surface area contributed by atoms with Gasteiger partial charge in [0.25, 0.3) is 0 Å². The molecule has 0 spiro atoms. The Labute approximate surface area is 101 Å². The molecule has 1 fully saturated rings. The first kappa shape index (κ1) is 11.0.